The highest BCUT2D eigenvalue weighted by atomic mass is 32.1. The monoisotopic (exact) mass is 816 g/mol. The Morgan fingerprint density at radius 3 is 1.47 bits per heavy atom. The molecule has 3 aromatic heterocycles. The lowest BCUT2D eigenvalue weighted by molar-refractivity contribution is 1.07. The summed E-state index contributed by atoms with van der Waals surface area (Å²) in [5.41, 5.74) is 8.12. The van der Waals surface area contributed by atoms with Crippen LogP contribution in [0.4, 0.5) is 0 Å². The van der Waals surface area contributed by atoms with Crippen molar-refractivity contribution in [3.8, 4) is 73.2 Å². The summed E-state index contributed by atoms with van der Waals surface area (Å²) in [6.45, 7) is 0. The van der Waals surface area contributed by atoms with Gasteiger partial charge in [0.15, 0.2) is 17.5 Å². The second-order valence-corrected chi connectivity index (χ2v) is 16.1. The van der Waals surface area contributed by atoms with Crippen LogP contribution in [0.15, 0.2) is 218 Å². The molecule has 12 aromatic rings. The second-order valence-electron chi connectivity index (χ2n) is 15.0. The first-order valence-corrected chi connectivity index (χ1v) is 21.0. The average Bonchev–Trinajstić information content (AvgIpc) is 3.98. The number of para-hydroxylation sites is 2. The molecule has 0 saturated carbocycles. The van der Waals surface area contributed by atoms with Crippen molar-refractivity contribution in [2.24, 2.45) is 0 Å². The molecule has 290 valence electrons. The molecule has 0 amide bonds. The van der Waals surface area contributed by atoms with Crippen LogP contribution in [-0.2, 0) is 0 Å². The van der Waals surface area contributed by atoms with E-state index in [1.807, 2.05) is 109 Å². The first-order valence-electron chi connectivity index (χ1n) is 24.2. The molecule has 0 N–H and O–H groups in total. The molecule has 0 unspecified atom stereocenters. The molecule has 9 aromatic carbocycles. The summed E-state index contributed by atoms with van der Waals surface area (Å²) < 4.78 is 76.0. The maximum atomic E-state index is 9.39. The number of aromatic nitrogens is 4. The number of nitrogens with zero attached hydrogens (tertiary/aromatic N) is 4. The molecule has 5 heteroatoms. The van der Waals surface area contributed by atoms with E-state index in [1.54, 1.807) is 11.3 Å². The van der Waals surface area contributed by atoms with Crippen LogP contribution in [0.5, 0.6) is 0 Å². The van der Waals surface area contributed by atoms with Crippen molar-refractivity contribution in [3.05, 3.63) is 218 Å². The van der Waals surface area contributed by atoms with E-state index in [1.165, 1.54) is 4.57 Å². The molecular weight excluding hydrogens is 773 g/mol. The molecule has 0 aliphatic carbocycles. The zero-order chi connectivity index (χ0) is 47.9. The van der Waals surface area contributed by atoms with E-state index in [-0.39, 0.29) is 27.6 Å². The van der Waals surface area contributed by atoms with Crippen molar-refractivity contribution in [1.29, 1.82) is 0 Å². The molecule has 4 nitrogen and oxygen atoms in total. The summed E-state index contributed by atoms with van der Waals surface area (Å²) in [5.74, 6) is 1.04. The average molecular weight is 817 g/mol. The Morgan fingerprint density at radius 1 is 0.355 bits per heavy atom. The molecule has 0 aliphatic heterocycles. The zero-order valence-corrected chi connectivity index (χ0v) is 33.7. The largest absolute Gasteiger partial charge is 0.308 e. The van der Waals surface area contributed by atoms with E-state index in [0.717, 1.165) is 64.7 Å². The lowest BCUT2D eigenvalue weighted by atomic mass is 9.97. The number of thiophene rings is 1. The van der Waals surface area contributed by atoms with Crippen molar-refractivity contribution in [2.45, 2.75) is 0 Å². The van der Waals surface area contributed by atoms with Gasteiger partial charge in [-0.2, -0.15) is 0 Å². The quantitative estimate of drug-likeness (QED) is 0.161. The third kappa shape index (κ3) is 6.26. The van der Waals surface area contributed by atoms with Gasteiger partial charge in [0.05, 0.1) is 27.7 Å². The van der Waals surface area contributed by atoms with E-state index < -0.39 is 48.3 Å². The van der Waals surface area contributed by atoms with Gasteiger partial charge >= 0.3 is 0 Å². The Bertz CT molecular complexity index is 4010. The summed E-state index contributed by atoms with van der Waals surface area (Å²) in [7, 11) is 0. The van der Waals surface area contributed by atoms with Crippen molar-refractivity contribution >= 4 is 53.3 Å². The summed E-state index contributed by atoms with van der Waals surface area (Å²) in [6.07, 6.45) is 0. The van der Waals surface area contributed by atoms with Crippen LogP contribution in [0, 0.1) is 0 Å². The molecular formula is C57H36N4S. The van der Waals surface area contributed by atoms with Crippen LogP contribution in [0.2, 0.25) is 0 Å². The lowest BCUT2D eigenvalue weighted by Crippen LogP contribution is -2.04. The van der Waals surface area contributed by atoms with Gasteiger partial charge in [-0.15, -0.1) is 11.3 Å². The summed E-state index contributed by atoms with van der Waals surface area (Å²) >= 11 is 1.68. The Morgan fingerprint density at radius 2 is 0.823 bits per heavy atom. The maximum Gasteiger partial charge on any atom is 0.166 e. The third-order valence-corrected chi connectivity index (χ3v) is 12.5. The van der Waals surface area contributed by atoms with Crippen molar-refractivity contribution in [2.75, 3.05) is 0 Å². The second kappa shape index (κ2) is 14.9. The highest BCUT2D eigenvalue weighted by molar-refractivity contribution is 7.25. The minimum atomic E-state index is -0.516. The van der Waals surface area contributed by atoms with Gasteiger partial charge < -0.3 is 4.57 Å². The van der Waals surface area contributed by atoms with E-state index in [9.17, 15) is 2.74 Å². The molecule has 0 bridgehead atoms. The van der Waals surface area contributed by atoms with Crippen LogP contribution < -0.4 is 0 Å². The van der Waals surface area contributed by atoms with E-state index >= 15 is 0 Å². The number of benzene rings is 9. The molecule has 3 heterocycles. The Kier molecular flexibility index (Phi) is 6.86. The fourth-order valence-corrected chi connectivity index (χ4v) is 9.44. The van der Waals surface area contributed by atoms with Gasteiger partial charge in [0, 0.05) is 47.6 Å². The summed E-state index contributed by atoms with van der Waals surface area (Å²) in [4.78, 5) is 15.3. The Balaban J connectivity index is 1.11. The SMILES string of the molecule is [2H]c1c([2H])c([2H])c2c(c1[2H])c1c([2H])c([2H])c([2H])c([2H])c1n2-c1cc(-c2ccc(-c3ccc(-c4ccccc4)cc3)cc2)ccc1-c1nc(-c2ccccc2)nc(-c2ccc3c(c2)sc2ccccc23)n1. The summed E-state index contributed by atoms with van der Waals surface area (Å²) in [5, 5.41) is 2.23. The Labute approximate surface area is 374 Å². The number of rotatable bonds is 7. The highest BCUT2D eigenvalue weighted by Gasteiger charge is 2.21. The van der Waals surface area contributed by atoms with Crippen LogP contribution in [0.1, 0.15) is 11.0 Å². The van der Waals surface area contributed by atoms with Gasteiger partial charge in [0.25, 0.3) is 0 Å². The zero-order valence-electron chi connectivity index (χ0n) is 40.9. The molecule has 0 radical (unpaired) electrons. The third-order valence-electron chi connectivity index (χ3n) is 11.4. The fraction of sp³-hybridized carbons (Fsp3) is 0. The number of hydrogen-bond donors (Lipinski definition) is 0. The fourth-order valence-electron chi connectivity index (χ4n) is 8.29. The minimum Gasteiger partial charge on any atom is -0.308 e. The first-order chi connectivity index (χ1) is 34.0. The van der Waals surface area contributed by atoms with E-state index in [2.05, 4.69) is 60.7 Å². The van der Waals surface area contributed by atoms with Gasteiger partial charge in [0.2, 0.25) is 0 Å². The summed E-state index contributed by atoms with van der Waals surface area (Å²) in [6, 6.07) is 52.8. The molecule has 62 heavy (non-hydrogen) atoms. The first kappa shape index (κ1) is 28.5. The van der Waals surface area contributed by atoms with Crippen LogP contribution in [0.3, 0.4) is 0 Å². The van der Waals surface area contributed by atoms with Gasteiger partial charge in [-0.3, -0.25) is 0 Å². The van der Waals surface area contributed by atoms with Crippen LogP contribution in [-0.4, -0.2) is 19.5 Å². The van der Waals surface area contributed by atoms with Gasteiger partial charge in [-0.25, -0.2) is 15.0 Å². The van der Waals surface area contributed by atoms with Crippen molar-refractivity contribution in [3.63, 3.8) is 0 Å². The predicted octanol–water partition coefficient (Wildman–Crippen LogP) is 15.3. The minimum absolute atomic E-state index is 0.00604. The lowest BCUT2D eigenvalue weighted by Gasteiger charge is -2.16. The molecule has 0 spiro atoms. The van der Waals surface area contributed by atoms with E-state index in [4.69, 9.17) is 23.2 Å². The molecule has 0 fully saturated rings. The van der Waals surface area contributed by atoms with Gasteiger partial charge in [-0.1, -0.05) is 182 Å². The molecule has 0 saturated heterocycles. The maximum absolute atomic E-state index is 9.39. The molecule has 12 rings (SSSR count). The van der Waals surface area contributed by atoms with Gasteiger partial charge in [0.1, 0.15) is 0 Å². The van der Waals surface area contributed by atoms with Crippen molar-refractivity contribution < 1.29 is 11.0 Å². The smallest absolute Gasteiger partial charge is 0.166 e. The molecule has 0 aliphatic rings. The van der Waals surface area contributed by atoms with Crippen LogP contribution in [0.25, 0.3) is 115 Å². The number of hydrogen-bond acceptors (Lipinski definition) is 4. The van der Waals surface area contributed by atoms with Gasteiger partial charge in [-0.05, 0) is 69.7 Å². The standard InChI is InChI=1S/C57H36N4S/c1-3-13-37(14-4-1)38-23-25-39(26-24-38)40-27-29-41(30-28-40)43-31-34-49(52(35-43)61-50-20-10-7-17-45(50)46-18-8-11-21-51(46)61)57-59-55(42-15-5-2-6-16-42)58-56(60-57)44-32-33-48-47-19-9-12-22-53(47)62-54(48)36-44/h1-36H/i7D,8D,10D,11D,17D,18D,20D,21D. The Hall–Kier alpha value is -7.99. The predicted molar refractivity (Wildman–Crippen MR) is 260 cm³/mol. The normalized spacial score (nSPS) is 13.4. The van der Waals surface area contributed by atoms with Crippen LogP contribution >= 0.6 is 11.3 Å². The highest BCUT2D eigenvalue weighted by Crippen LogP contribution is 2.40. The topological polar surface area (TPSA) is 43.6 Å². The number of fused-ring (bicyclic) bond motifs is 6. The molecule has 0 atom stereocenters. The van der Waals surface area contributed by atoms with Crippen molar-refractivity contribution in [1.82, 2.24) is 19.5 Å². The van der Waals surface area contributed by atoms with E-state index in [0.29, 0.717) is 22.9 Å².